The van der Waals surface area contributed by atoms with Crippen LogP contribution in [0.2, 0.25) is 0 Å². The molecule has 0 aromatic carbocycles. The van der Waals surface area contributed by atoms with Crippen LogP contribution in [0.15, 0.2) is 12.3 Å². The van der Waals surface area contributed by atoms with E-state index in [1.165, 1.54) is 26.2 Å². The van der Waals surface area contributed by atoms with Gasteiger partial charge < -0.3 is 10.6 Å². The summed E-state index contributed by atoms with van der Waals surface area (Å²) in [6.07, 6.45) is 7.37. The molecule has 0 saturated heterocycles. The van der Waals surface area contributed by atoms with Crippen molar-refractivity contribution >= 4 is 11.8 Å². The molecule has 0 spiro atoms. The van der Waals surface area contributed by atoms with E-state index in [9.17, 15) is 9.59 Å². The fraction of sp³-hybridized carbons (Fsp3) is 0.733. The molecule has 104 valence electrons. The van der Waals surface area contributed by atoms with E-state index in [1.54, 1.807) is 0 Å². The molecule has 0 unspecified atom stereocenters. The van der Waals surface area contributed by atoms with Gasteiger partial charge >= 0.3 is 0 Å². The van der Waals surface area contributed by atoms with E-state index in [4.69, 9.17) is 0 Å². The van der Waals surface area contributed by atoms with Gasteiger partial charge in [0.2, 0.25) is 5.91 Å². The number of hydrogen-bond donors (Lipinski definition) is 2. The Hall–Kier alpha value is -1.32. The molecule has 0 radical (unpaired) electrons. The summed E-state index contributed by atoms with van der Waals surface area (Å²) in [4.78, 5) is 23.1. The van der Waals surface area contributed by atoms with Crippen LogP contribution in [0.5, 0.6) is 0 Å². The van der Waals surface area contributed by atoms with E-state index in [0.717, 1.165) is 37.0 Å². The van der Waals surface area contributed by atoms with Gasteiger partial charge in [0.15, 0.2) is 0 Å². The summed E-state index contributed by atoms with van der Waals surface area (Å²) >= 11 is 0. The zero-order chi connectivity index (χ0) is 13.6. The van der Waals surface area contributed by atoms with Gasteiger partial charge in [0.05, 0.1) is 5.70 Å². The van der Waals surface area contributed by atoms with Gasteiger partial charge in [-0.3, -0.25) is 9.59 Å². The fourth-order valence-electron chi connectivity index (χ4n) is 4.85. The predicted molar refractivity (Wildman–Crippen MR) is 72.0 cm³/mol. The fourth-order valence-corrected chi connectivity index (χ4v) is 4.85. The van der Waals surface area contributed by atoms with E-state index in [0.29, 0.717) is 0 Å². The monoisotopic (exact) mass is 262 g/mol. The highest BCUT2D eigenvalue weighted by Gasteiger charge is 2.51. The van der Waals surface area contributed by atoms with Crippen LogP contribution in [0.4, 0.5) is 0 Å². The third-order valence-corrected chi connectivity index (χ3v) is 5.02. The molecule has 0 aromatic rings. The van der Waals surface area contributed by atoms with E-state index >= 15 is 0 Å². The van der Waals surface area contributed by atoms with Crippen molar-refractivity contribution in [1.82, 2.24) is 10.6 Å². The molecule has 4 rings (SSSR count). The number of nitrogens with one attached hydrogen (secondary N) is 2. The maximum atomic E-state index is 12.1. The van der Waals surface area contributed by atoms with Crippen molar-refractivity contribution in [3.63, 3.8) is 0 Å². The Bertz CT molecular complexity index is 406. The first-order chi connectivity index (χ1) is 8.96. The van der Waals surface area contributed by atoms with Crippen molar-refractivity contribution in [3.05, 3.63) is 12.3 Å². The van der Waals surface area contributed by atoms with Gasteiger partial charge in [-0.25, -0.2) is 0 Å². The van der Waals surface area contributed by atoms with E-state index in [1.807, 2.05) is 0 Å². The number of carbonyl (C=O) groups excluding carboxylic acids is 2. The summed E-state index contributed by atoms with van der Waals surface area (Å²) < 4.78 is 0. The molecule has 4 saturated carbocycles. The Morgan fingerprint density at radius 1 is 1.05 bits per heavy atom. The number of hydrogen-bond acceptors (Lipinski definition) is 2. The highest BCUT2D eigenvalue weighted by molar-refractivity contribution is 5.96. The van der Waals surface area contributed by atoms with Gasteiger partial charge in [-0.05, 0) is 56.3 Å². The first-order valence-electron chi connectivity index (χ1n) is 7.25. The van der Waals surface area contributed by atoms with Gasteiger partial charge in [-0.15, -0.1) is 0 Å². The van der Waals surface area contributed by atoms with E-state index in [-0.39, 0.29) is 23.1 Å². The summed E-state index contributed by atoms with van der Waals surface area (Å²) in [5, 5.41) is 5.66. The first-order valence-corrected chi connectivity index (χ1v) is 7.25. The largest absolute Gasteiger partial charge is 0.345 e. The SMILES string of the molecule is C=C(NC(C)=O)C(=O)NC12CC3CC(CC(C3)C1)C2. The van der Waals surface area contributed by atoms with Crippen LogP contribution >= 0.6 is 0 Å². The number of rotatable bonds is 3. The Labute approximate surface area is 114 Å². The summed E-state index contributed by atoms with van der Waals surface area (Å²) in [6.45, 7) is 5.04. The second-order valence-corrected chi connectivity index (χ2v) is 6.81. The minimum absolute atomic E-state index is 0.0206. The minimum Gasteiger partial charge on any atom is -0.345 e. The molecule has 2 amide bonds. The average molecular weight is 262 g/mol. The zero-order valence-electron chi connectivity index (χ0n) is 11.5. The molecule has 4 heteroatoms. The molecule has 0 atom stereocenters. The Kier molecular flexibility index (Phi) is 2.91. The summed E-state index contributed by atoms with van der Waals surface area (Å²) in [7, 11) is 0. The molecule has 4 aliphatic carbocycles. The Morgan fingerprint density at radius 3 is 1.95 bits per heavy atom. The number of amides is 2. The average Bonchev–Trinajstić information content (AvgIpc) is 2.24. The van der Waals surface area contributed by atoms with Gasteiger partial charge in [0.1, 0.15) is 0 Å². The molecule has 0 aromatic heterocycles. The molecule has 4 aliphatic rings. The van der Waals surface area contributed by atoms with Crippen LogP contribution in [0, 0.1) is 17.8 Å². The highest BCUT2D eigenvalue weighted by Crippen LogP contribution is 2.55. The molecule has 0 heterocycles. The van der Waals surface area contributed by atoms with Crippen molar-refractivity contribution in [1.29, 1.82) is 0 Å². The van der Waals surface area contributed by atoms with Gasteiger partial charge in [-0.2, -0.15) is 0 Å². The summed E-state index contributed by atoms with van der Waals surface area (Å²) in [6, 6.07) is 0. The molecule has 2 N–H and O–H groups in total. The zero-order valence-corrected chi connectivity index (χ0v) is 11.5. The van der Waals surface area contributed by atoms with Gasteiger partial charge in [0, 0.05) is 12.5 Å². The van der Waals surface area contributed by atoms with Gasteiger partial charge in [0.25, 0.3) is 5.91 Å². The third-order valence-electron chi connectivity index (χ3n) is 5.02. The second-order valence-electron chi connectivity index (χ2n) is 6.81. The molecule has 0 aliphatic heterocycles. The highest BCUT2D eigenvalue weighted by atomic mass is 16.2. The summed E-state index contributed by atoms with van der Waals surface area (Å²) in [5.74, 6) is 1.92. The van der Waals surface area contributed by atoms with E-state index in [2.05, 4.69) is 17.2 Å². The molecule has 4 fully saturated rings. The maximum Gasteiger partial charge on any atom is 0.267 e. The topological polar surface area (TPSA) is 58.2 Å². The Morgan fingerprint density at radius 2 is 1.53 bits per heavy atom. The van der Waals surface area contributed by atoms with Crippen LogP contribution in [-0.2, 0) is 9.59 Å². The quantitative estimate of drug-likeness (QED) is 0.761. The molecule has 4 nitrogen and oxygen atoms in total. The molecule has 4 bridgehead atoms. The minimum atomic E-state index is -0.245. The van der Waals surface area contributed by atoms with Crippen molar-refractivity contribution in [2.24, 2.45) is 17.8 Å². The first kappa shape index (κ1) is 12.7. The van der Waals surface area contributed by atoms with Crippen LogP contribution < -0.4 is 10.6 Å². The second kappa shape index (κ2) is 4.36. The molecular formula is C15H22N2O2. The van der Waals surface area contributed by atoms with Crippen LogP contribution in [0.3, 0.4) is 0 Å². The maximum absolute atomic E-state index is 12.1. The predicted octanol–water partition coefficient (Wildman–Crippen LogP) is 1.72. The van der Waals surface area contributed by atoms with Gasteiger partial charge in [-0.1, -0.05) is 6.58 Å². The third kappa shape index (κ3) is 2.40. The van der Waals surface area contributed by atoms with Crippen molar-refractivity contribution in [2.45, 2.75) is 51.0 Å². The molecular weight excluding hydrogens is 240 g/mol. The Balaban J connectivity index is 1.67. The lowest BCUT2D eigenvalue weighted by molar-refractivity contribution is -0.126. The smallest absolute Gasteiger partial charge is 0.267 e. The number of carbonyl (C=O) groups is 2. The van der Waals surface area contributed by atoms with Crippen LogP contribution in [0.25, 0.3) is 0 Å². The van der Waals surface area contributed by atoms with Crippen molar-refractivity contribution in [3.8, 4) is 0 Å². The standard InChI is InChI=1S/C15H22N2O2/c1-9(16-10(2)18)14(19)17-15-6-11-3-12(7-15)5-13(4-11)8-15/h11-13H,1,3-8H2,2H3,(H,16,18)(H,17,19). The lowest BCUT2D eigenvalue weighted by atomic mass is 9.53. The lowest BCUT2D eigenvalue weighted by Gasteiger charge is -2.56. The van der Waals surface area contributed by atoms with Crippen molar-refractivity contribution in [2.75, 3.05) is 0 Å². The summed E-state index contributed by atoms with van der Waals surface area (Å²) in [5.41, 5.74) is 0.149. The van der Waals surface area contributed by atoms with Crippen molar-refractivity contribution < 1.29 is 9.59 Å². The van der Waals surface area contributed by atoms with Crippen LogP contribution in [0.1, 0.15) is 45.4 Å². The normalized spacial score (nSPS) is 38.9. The van der Waals surface area contributed by atoms with E-state index < -0.39 is 0 Å². The van der Waals surface area contributed by atoms with Crippen LogP contribution in [-0.4, -0.2) is 17.4 Å². The lowest BCUT2D eigenvalue weighted by Crippen LogP contribution is -2.60. The molecule has 19 heavy (non-hydrogen) atoms.